The van der Waals surface area contributed by atoms with Crippen molar-refractivity contribution in [2.24, 2.45) is 0 Å². The van der Waals surface area contributed by atoms with Crippen molar-refractivity contribution >= 4 is 15.7 Å². The summed E-state index contributed by atoms with van der Waals surface area (Å²) in [5.74, 6) is 0. The molecule has 0 spiro atoms. The van der Waals surface area contributed by atoms with Gasteiger partial charge in [0.1, 0.15) is 4.90 Å². The van der Waals surface area contributed by atoms with Gasteiger partial charge < -0.3 is 10.5 Å². The first-order chi connectivity index (χ1) is 8.49. The van der Waals surface area contributed by atoms with Crippen molar-refractivity contribution in [3.8, 4) is 0 Å². The summed E-state index contributed by atoms with van der Waals surface area (Å²) >= 11 is 0. The maximum absolute atomic E-state index is 12.2. The molecule has 1 aliphatic rings. The Labute approximate surface area is 107 Å². The van der Waals surface area contributed by atoms with Gasteiger partial charge in [-0.2, -0.15) is 0 Å². The van der Waals surface area contributed by atoms with E-state index >= 15 is 0 Å². The van der Waals surface area contributed by atoms with Gasteiger partial charge in [-0.1, -0.05) is 0 Å². The molecule has 0 saturated carbocycles. The predicted octanol–water partition coefficient (Wildman–Crippen LogP) is 0.510. The van der Waals surface area contributed by atoms with Crippen LogP contribution in [-0.4, -0.2) is 32.2 Å². The van der Waals surface area contributed by atoms with Crippen LogP contribution >= 0.6 is 0 Å². The Morgan fingerprint density at radius 3 is 3.00 bits per heavy atom. The molecule has 0 amide bonds. The Bertz CT molecular complexity index is 518. The van der Waals surface area contributed by atoms with Gasteiger partial charge in [0.15, 0.2) is 0 Å². The Balaban J connectivity index is 2.15. The van der Waals surface area contributed by atoms with Gasteiger partial charge in [-0.25, -0.2) is 13.1 Å². The minimum atomic E-state index is -3.61. The number of hydrogen-bond donors (Lipinski definition) is 2. The van der Waals surface area contributed by atoms with E-state index in [9.17, 15) is 8.42 Å². The molecule has 1 aromatic heterocycles. The number of hydrogen-bond acceptors (Lipinski definition) is 5. The van der Waals surface area contributed by atoms with Crippen molar-refractivity contribution in [2.75, 3.05) is 12.3 Å². The fourth-order valence-corrected chi connectivity index (χ4v) is 3.36. The van der Waals surface area contributed by atoms with Crippen molar-refractivity contribution in [1.29, 1.82) is 0 Å². The summed E-state index contributed by atoms with van der Waals surface area (Å²) in [5.41, 5.74) is 5.86. The largest absolute Gasteiger partial charge is 0.398 e. The third kappa shape index (κ3) is 2.98. The molecule has 100 valence electrons. The standard InChI is InChI=1S/C11H17N3O3S/c1-8-6-9(3-5-17-8)14-18(15,16)11-7-13-4-2-10(11)12/h2,4,7-9,14H,3,5-6H2,1H3,(H2,12,13). The second-order valence-corrected chi connectivity index (χ2v) is 6.12. The highest BCUT2D eigenvalue weighted by atomic mass is 32.2. The molecule has 3 N–H and O–H groups in total. The van der Waals surface area contributed by atoms with Crippen LogP contribution in [0.4, 0.5) is 5.69 Å². The number of rotatable bonds is 3. The van der Waals surface area contributed by atoms with Crippen LogP contribution in [0.3, 0.4) is 0 Å². The molecular formula is C11H17N3O3S. The second-order valence-electron chi connectivity index (χ2n) is 4.44. The molecule has 2 heterocycles. The molecule has 18 heavy (non-hydrogen) atoms. The van der Waals surface area contributed by atoms with E-state index in [1.54, 1.807) is 0 Å². The Hall–Kier alpha value is -1.18. The number of ether oxygens (including phenoxy) is 1. The number of nitrogens with one attached hydrogen (secondary N) is 1. The van der Waals surface area contributed by atoms with E-state index in [-0.39, 0.29) is 22.7 Å². The lowest BCUT2D eigenvalue weighted by atomic mass is 10.1. The summed E-state index contributed by atoms with van der Waals surface area (Å²) in [6.45, 7) is 2.50. The zero-order valence-electron chi connectivity index (χ0n) is 10.2. The van der Waals surface area contributed by atoms with Gasteiger partial charge in [-0.15, -0.1) is 0 Å². The lowest BCUT2D eigenvalue weighted by Crippen LogP contribution is -2.41. The predicted molar refractivity (Wildman–Crippen MR) is 67.4 cm³/mol. The lowest BCUT2D eigenvalue weighted by Gasteiger charge is -2.27. The van der Waals surface area contributed by atoms with Gasteiger partial charge >= 0.3 is 0 Å². The molecule has 7 heteroatoms. The number of anilines is 1. The van der Waals surface area contributed by atoms with E-state index in [0.717, 1.165) is 0 Å². The molecule has 0 aromatic carbocycles. The summed E-state index contributed by atoms with van der Waals surface area (Å²) in [7, 11) is -3.61. The molecule has 2 unspecified atom stereocenters. The van der Waals surface area contributed by atoms with Gasteiger partial charge in [0.25, 0.3) is 0 Å². The molecule has 6 nitrogen and oxygen atoms in total. The van der Waals surface area contributed by atoms with Crippen molar-refractivity contribution in [3.63, 3.8) is 0 Å². The van der Waals surface area contributed by atoms with Crippen LogP contribution in [0.5, 0.6) is 0 Å². The van der Waals surface area contributed by atoms with Gasteiger partial charge in [0.05, 0.1) is 11.8 Å². The van der Waals surface area contributed by atoms with E-state index in [1.165, 1.54) is 18.5 Å². The third-order valence-corrected chi connectivity index (χ3v) is 4.48. The SMILES string of the molecule is CC1CC(NS(=O)(=O)c2cnccc2N)CCO1. The minimum Gasteiger partial charge on any atom is -0.398 e. The highest BCUT2D eigenvalue weighted by Gasteiger charge is 2.26. The fraction of sp³-hybridized carbons (Fsp3) is 0.545. The first kappa shape index (κ1) is 13.3. The highest BCUT2D eigenvalue weighted by molar-refractivity contribution is 7.89. The normalized spacial score (nSPS) is 24.9. The van der Waals surface area contributed by atoms with Crippen LogP contribution in [0, 0.1) is 0 Å². The van der Waals surface area contributed by atoms with E-state index in [1.807, 2.05) is 6.92 Å². The number of sulfonamides is 1. The van der Waals surface area contributed by atoms with Gasteiger partial charge in [0.2, 0.25) is 10.0 Å². The lowest BCUT2D eigenvalue weighted by molar-refractivity contribution is 0.0173. The number of nitrogens with zero attached hydrogens (tertiary/aromatic N) is 1. The van der Waals surface area contributed by atoms with Gasteiger partial charge in [0, 0.05) is 25.0 Å². The molecule has 0 bridgehead atoms. The van der Waals surface area contributed by atoms with Crippen molar-refractivity contribution in [3.05, 3.63) is 18.5 Å². The average Bonchev–Trinajstić information content (AvgIpc) is 2.28. The van der Waals surface area contributed by atoms with Crippen LogP contribution in [0.25, 0.3) is 0 Å². The first-order valence-electron chi connectivity index (χ1n) is 5.82. The Morgan fingerprint density at radius 2 is 2.33 bits per heavy atom. The molecule has 0 radical (unpaired) electrons. The third-order valence-electron chi connectivity index (χ3n) is 2.91. The number of aromatic nitrogens is 1. The highest BCUT2D eigenvalue weighted by Crippen LogP contribution is 2.19. The number of nitrogen functional groups attached to an aromatic ring is 1. The first-order valence-corrected chi connectivity index (χ1v) is 7.31. The fourth-order valence-electron chi connectivity index (χ4n) is 2.00. The Kier molecular flexibility index (Phi) is 3.84. The van der Waals surface area contributed by atoms with E-state index < -0.39 is 10.0 Å². The van der Waals surface area contributed by atoms with Crippen LogP contribution in [0.2, 0.25) is 0 Å². The molecule has 0 aliphatic carbocycles. The van der Waals surface area contributed by atoms with Gasteiger partial charge in [-0.3, -0.25) is 4.98 Å². The quantitative estimate of drug-likeness (QED) is 0.835. The summed E-state index contributed by atoms with van der Waals surface area (Å²) in [4.78, 5) is 3.83. The molecule has 1 saturated heterocycles. The average molecular weight is 271 g/mol. The van der Waals surface area contributed by atoms with Gasteiger partial charge in [-0.05, 0) is 25.8 Å². The maximum atomic E-state index is 12.2. The monoisotopic (exact) mass is 271 g/mol. The van der Waals surface area contributed by atoms with Crippen molar-refractivity contribution in [1.82, 2.24) is 9.71 Å². The van der Waals surface area contributed by atoms with Crippen molar-refractivity contribution in [2.45, 2.75) is 36.8 Å². The van der Waals surface area contributed by atoms with E-state index in [0.29, 0.717) is 19.4 Å². The molecular weight excluding hydrogens is 254 g/mol. The molecule has 1 aromatic rings. The van der Waals surface area contributed by atoms with E-state index in [4.69, 9.17) is 10.5 Å². The number of pyridine rings is 1. The summed E-state index contributed by atoms with van der Waals surface area (Å²) in [5, 5.41) is 0. The summed E-state index contributed by atoms with van der Waals surface area (Å²) in [6.07, 6.45) is 4.13. The maximum Gasteiger partial charge on any atom is 0.244 e. The molecule has 1 aliphatic heterocycles. The van der Waals surface area contributed by atoms with Crippen LogP contribution in [-0.2, 0) is 14.8 Å². The molecule has 2 atom stereocenters. The van der Waals surface area contributed by atoms with Crippen LogP contribution in [0.1, 0.15) is 19.8 Å². The van der Waals surface area contributed by atoms with E-state index in [2.05, 4.69) is 9.71 Å². The number of nitrogens with two attached hydrogens (primary N) is 1. The molecule has 2 rings (SSSR count). The Morgan fingerprint density at radius 1 is 1.56 bits per heavy atom. The van der Waals surface area contributed by atoms with Crippen LogP contribution < -0.4 is 10.5 Å². The zero-order chi connectivity index (χ0) is 13.2. The van der Waals surface area contributed by atoms with Crippen molar-refractivity contribution < 1.29 is 13.2 Å². The second kappa shape index (κ2) is 5.21. The zero-order valence-corrected chi connectivity index (χ0v) is 11.0. The topological polar surface area (TPSA) is 94.3 Å². The molecule has 1 fully saturated rings. The summed E-state index contributed by atoms with van der Waals surface area (Å²) in [6, 6.07) is 1.36. The smallest absolute Gasteiger partial charge is 0.244 e. The van der Waals surface area contributed by atoms with Crippen LogP contribution in [0.15, 0.2) is 23.4 Å². The minimum absolute atomic E-state index is 0.0316. The summed E-state index contributed by atoms with van der Waals surface area (Å²) < 4.78 is 32.3.